The molecular weight excluding hydrogens is 383 g/mol. The molecule has 0 unspecified atom stereocenters. The largest absolute Gasteiger partial charge is 0.452 e. The second-order valence-electron chi connectivity index (χ2n) is 8.81. The van der Waals surface area contributed by atoms with Crippen molar-refractivity contribution in [1.82, 2.24) is 5.32 Å². The molecule has 0 heterocycles. The lowest BCUT2D eigenvalue weighted by atomic mass is 9.53. The van der Waals surface area contributed by atoms with Gasteiger partial charge in [-0.15, -0.1) is 0 Å². The van der Waals surface area contributed by atoms with E-state index in [-0.39, 0.29) is 23.6 Å². The molecule has 0 spiro atoms. The number of rotatable bonds is 5. The van der Waals surface area contributed by atoms with Crippen LogP contribution in [0.2, 0.25) is 0 Å². The van der Waals surface area contributed by atoms with Gasteiger partial charge in [-0.1, -0.05) is 12.1 Å². The Morgan fingerprint density at radius 3 is 2.31 bits per heavy atom. The number of hydrogen-bond acceptors (Lipinski definition) is 3. The summed E-state index contributed by atoms with van der Waals surface area (Å²) < 4.78 is 43.1. The summed E-state index contributed by atoms with van der Waals surface area (Å²) >= 11 is 0. The number of ether oxygens (including phenoxy) is 1. The van der Waals surface area contributed by atoms with E-state index in [1.165, 1.54) is 37.5 Å². The van der Waals surface area contributed by atoms with Crippen LogP contribution in [0.25, 0.3) is 6.08 Å². The quantitative estimate of drug-likeness (QED) is 0.583. The first-order chi connectivity index (χ1) is 13.7. The van der Waals surface area contributed by atoms with Gasteiger partial charge in [0.25, 0.3) is 5.91 Å². The van der Waals surface area contributed by atoms with Crippen molar-refractivity contribution in [1.29, 1.82) is 0 Å². The Labute approximate surface area is 167 Å². The van der Waals surface area contributed by atoms with E-state index in [9.17, 15) is 22.8 Å². The molecule has 4 aliphatic carbocycles. The van der Waals surface area contributed by atoms with E-state index in [1.54, 1.807) is 0 Å². The van der Waals surface area contributed by atoms with E-state index in [0.717, 1.165) is 37.5 Å². The lowest BCUT2D eigenvalue weighted by Gasteiger charge is -2.56. The lowest BCUT2D eigenvalue weighted by Crippen LogP contribution is -2.60. The van der Waals surface area contributed by atoms with Gasteiger partial charge in [0, 0.05) is 11.6 Å². The molecule has 29 heavy (non-hydrogen) atoms. The highest BCUT2D eigenvalue weighted by Gasteiger charge is 2.51. The monoisotopic (exact) mass is 407 g/mol. The van der Waals surface area contributed by atoms with Crippen molar-refractivity contribution in [2.45, 2.75) is 50.2 Å². The Bertz CT molecular complexity index is 796. The van der Waals surface area contributed by atoms with Crippen LogP contribution in [0.3, 0.4) is 0 Å². The minimum Gasteiger partial charge on any atom is -0.452 e. The first-order valence-corrected chi connectivity index (χ1v) is 10.0. The van der Waals surface area contributed by atoms with Gasteiger partial charge >= 0.3 is 12.1 Å². The maximum atomic E-state index is 12.7. The Balaban J connectivity index is 1.28. The summed E-state index contributed by atoms with van der Waals surface area (Å²) in [6, 6.07) is 4.64. The van der Waals surface area contributed by atoms with Crippen molar-refractivity contribution in [3.05, 3.63) is 41.5 Å². The maximum absolute atomic E-state index is 12.7. The predicted octanol–water partition coefficient (Wildman–Crippen LogP) is 4.35. The number of benzene rings is 1. The molecule has 0 aromatic heterocycles. The van der Waals surface area contributed by atoms with E-state index < -0.39 is 17.7 Å². The van der Waals surface area contributed by atoms with Crippen molar-refractivity contribution < 1.29 is 27.5 Å². The molecule has 0 saturated heterocycles. The molecule has 1 aromatic rings. The Hall–Kier alpha value is -2.31. The van der Waals surface area contributed by atoms with Gasteiger partial charge in [-0.3, -0.25) is 4.79 Å². The van der Waals surface area contributed by atoms with Crippen LogP contribution < -0.4 is 5.32 Å². The molecule has 1 N–H and O–H groups in total. The summed E-state index contributed by atoms with van der Waals surface area (Å²) in [5.74, 6) is 1.01. The van der Waals surface area contributed by atoms with Gasteiger partial charge < -0.3 is 10.1 Å². The van der Waals surface area contributed by atoms with E-state index in [1.807, 2.05) is 0 Å². The smallest absolute Gasteiger partial charge is 0.416 e. The van der Waals surface area contributed by atoms with E-state index in [2.05, 4.69) is 5.32 Å². The molecule has 7 heteroatoms. The average molecular weight is 407 g/mol. The molecule has 4 nitrogen and oxygen atoms in total. The third kappa shape index (κ3) is 4.65. The maximum Gasteiger partial charge on any atom is 0.416 e. The Morgan fingerprint density at radius 1 is 1.10 bits per heavy atom. The molecule has 4 aliphatic rings. The van der Waals surface area contributed by atoms with Gasteiger partial charge in [0.1, 0.15) is 0 Å². The zero-order chi connectivity index (χ0) is 20.6. The lowest BCUT2D eigenvalue weighted by molar-refractivity contribution is -0.145. The van der Waals surface area contributed by atoms with Crippen molar-refractivity contribution >= 4 is 18.0 Å². The zero-order valence-electron chi connectivity index (χ0n) is 16.0. The molecule has 156 valence electrons. The summed E-state index contributed by atoms with van der Waals surface area (Å²) in [5, 5.41) is 3.11. The molecule has 0 radical (unpaired) electrons. The number of halogens is 3. The molecule has 4 bridgehead atoms. The highest BCUT2D eigenvalue weighted by atomic mass is 19.4. The highest BCUT2D eigenvalue weighted by molar-refractivity contribution is 5.89. The fourth-order valence-electron chi connectivity index (χ4n) is 5.76. The van der Waals surface area contributed by atoms with Crippen LogP contribution in [0, 0.1) is 17.8 Å². The fraction of sp³-hybridized carbons (Fsp3) is 0.545. The number of carbonyl (C=O) groups is 2. The van der Waals surface area contributed by atoms with Crippen molar-refractivity contribution in [2.24, 2.45) is 17.8 Å². The third-order valence-corrected chi connectivity index (χ3v) is 6.41. The van der Waals surface area contributed by atoms with Gasteiger partial charge in [-0.05, 0) is 80.1 Å². The molecule has 4 fully saturated rings. The average Bonchev–Trinajstić information content (AvgIpc) is 2.63. The van der Waals surface area contributed by atoms with Gasteiger partial charge in [0.15, 0.2) is 6.61 Å². The minimum atomic E-state index is -4.44. The topological polar surface area (TPSA) is 55.4 Å². The first-order valence-electron chi connectivity index (χ1n) is 10.0. The standard InChI is InChI=1S/C22H24F3NO3/c23-22(24,25)18-3-1-2-14(9-18)4-5-20(28)29-13-19(27)26-21-10-15-6-16(11-21)8-17(7-15)12-21/h1-5,9,15-17H,6-8,10-13H2,(H,26,27)/b5-4+. The number of alkyl halides is 3. The SMILES string of the molecule is O=C(COC(=O)/C=C/c1cccc(C(F)(F)F)c1)NC12CC3CC(CC(C3)C1)C2. The minimum absolute atomic E-state index is 0.147. The molecular formula is C22H24F3NO3. The van der Waals surface area contributed by atoms with Crippen LogP contribution >= 0.6 is 0 Å². The third-order valence-electron chi connectivity index (χ3n) is 6.41. The van der Waals surface area contributed by atoms with Crippen LogP contribution in [0.4, 0.5) is 13.2 Å². The second kappa shape index (κ2) is 7.50. The summed E-state index contributed by atoms with van der Waals surface area (Å²) in [6.07, 6.45) is 4.66. The first kappa shape index (κ1) is 20.0. The predicted molar refractivity (Wildman–Crippen MR) is 100 cm³/mol. The van der Waals surface area contributed by atoms with Crippen LogP contribution in [0.15, 0.2) is 30.3 Å². The number of esters is 1. The molecule has 1 amide bonds. The van der Waals surface area contributed by atoms with Gasteiger partial charge in [0.05, 0.1) is 5.56 Å². The summed E-state index contributed by atoms with van der Waals surface area (Å²) in [7, 11) is 0. The summed E-state index contributed by atoms with van der Waals surface area (Å²) in [4.78, 5) is 24.2. The van der Waals surface area contributed by atoms with Crippen LogP contribution in [-0.2, 0) is 20.5 Å². The fourth-order valence-corrected chi connectivity index (χ4v) is 5.76. The van der Waals surface area contributed by atoms with Crippen molar-refractivity contribution in [2.75, 3.05) is 6.61 Å². The van der Waals surface area contributed by atoms with Crippen molar-refractivity contribution in [3.8, 4) is 0 Å². The van der Waals surface area contributed by atoms with E-state index in [0.29, 0.717) is 17.8 Å². The van der Waals surface area contributed by atoms with Crippen LogP contribution in [0.1, 0.15) is 49.7 Å². The highest BCUT2D eigenvalue weighted by Crippen LogP contribution is 2.55. The Kier molecular flexibility index (Phi) is 5.17. The molecule has 5 rings (SSSR count). The van der Waals surface area contributed by atoms with Gasteiger partial charge in [-0.25, -0.2) is 4.79 Å². The number of carbonyl (C=O) groups excluding carboxylic acids is 2. The number of nitrogens with one attached hydrogen (secondary N) is 1. The number of amides is 1. The summed E-state index contributed by atoms with van der Waals surface area (Å²) in [6.45, 7) is -0.381. The molecule has 0 atom stereocenters. The Morgan fingerprint density at radius 2 is 1.72 bits per heavy atom. The zero-order valence-corrected chi connectivity index (χ0v) is 16.0. The van der Waals surface area contributed by atoms with Crippen molar-refractivity contribution in [3.63, 3.8) is 0 Å². The summed E-state index contributed by atoms with van der Waals surface area (Å²) in [5.41, 5.74) is -0.704. The normalized spacial score (nSPS) is 30.5. The second-order valence-corrected chi connectivity index (χ2v) is 8.81. The molecule has 0 aliphatic heterocycles. The van der Waals surface area contributed by atoms with Crippen LogP contribution in [0.5, 0.6) is 0 Å². The molecule has 1 aromatic carbocycles. The van der Waals surface area contributed by atoms with Gasteiger partial charge in [-0.2, -0.15) is 13.2 Å². The van der Waals surface area contributed by atoms with Crippen LogP contribution in [-0.4, -0.2) is 24.0 Å². The molecule has 4 saturated carbocycles. The van der Waals surface area contributed by atoms with E-state index >= 15 is 0 Å². The van der Waals surface area contributed by atoms with Gasteiger partial charge in [0.2, 0.25) is 0 Å². The number of hydrogen-bond donors (Lipinski definition) is 1. The van der Waals surface area contributed by atoms with E-state index in [4.69, 9.17) is 4.74 Å².